The number of pyridine rings is 1. The summed E-state index contributed by atoms with van der Waals surface area (Å²) in [5.74, 6) is -1.27. The summed E-state index contributed by atoms with van der Waals surface area (Å²) in [4.78, 5) is 28.5. The number of aromatic nitrogens is 3. The molecule has 1 amide bonds. The average molecular weight is 438 g/mol. The van der Waals surface area contributed by atoms with Crippen LogP contribution in [0.25, 0.3) is 0 Å². The summed E-state index contributed by atoms with van der Waals surface area (Å²) in [6.45, 7) is 4.69. The Morgan fingerprint density at radius 3 is 2.50 bits per heavy atom. The van der Waals surface area contributed by atoms with Crippen molar-refractivity contribution in [2.45, 2.75) is 31.1 Å². The molecule has 0 aromatic carbocycles. The molecule has 1 atom stereocenters. The van der Waals surface area contributed by atoms with E-state index < -0.39 is 32.6 Å². The molecule has 12 heteroatoms. The maximum atomic E-state index is 14.6. The molecule has 2 aromatic heterocycles. The van der Waals surface area contributed by atoms with E-state index in [0.29, 0.717) is 0 Å². The second-order valence-corrected chi connectivity index (χ2v) is 10.2. The van der Waals surface area contributed by atoms with Gasteiger partial charge in [0.2, 0.25) is 5.88 Å². The van der Waals surface area contributed by atoms with E-state index in [4.69, 9.17) is 10.5 Å². The van der Waals surface area contributed by atoms with Gasteiger partial charge in [-0.05, 0) is 26.8 Å². The van der Waals surface area contributed by atoms with Crippen LogP contribution in [0.3, 0.4) is 0 Å². The summed E-state index contributed by atoms with van der Waals surface area (Å²) >= 11 is 0. The molecule has 162 valence electrons. The number of halogens is 1. The lowest BCUT2D eigenvalue weighted by molar-refractivity contribution is 0.102. The van der Waals surface area contributed by atoms with Crippen LogP contribution in [0.2, 0.25) is 0 Å². The maximum Gasteiger partial charge on any atom is 0.277 e. The Balaban J connectivity index is 1.93. The number of hydrogen-bond donors (Lipinski definition) is 4. The van der Waals surface area contributed by atoms with Crippen molar-refractivity contribution in [3.05, 3.63) is 41.7 Å². The number of ether oxygens (including phenoxy) is 1. The van der Waals surface area contributed by atoms with E-state index in [-0.39, 0.29) is 34.5 Å². The number of anilines is 1. The summed E-state index contributed by atoms with van der Waals surface area (Å²) in [5.41, 5.74) is 4.66. The first kappa shape index (κ1) is 21.9. The normalized spacial score (nSPS) is 23.2. The zero-order valence-electron chi connectivity index (χ0n) is 16.9. The number of nitrogens with one attached hydrogen (secondary N) is 1. The first-order chi connectivity index (χ1) is 13.9. The number of nitrogens with zero attached hydrogens (tertiary/aromatic N) is 4. The van der Waals surface area contributed by atoms with E-state index >= 15 is 0 Å². The number of nitrogens with two attached hydrogens (primary N) is 1. The van der Waals surface area contributed by atoms with Gasteiger partial charge in [0.25, 0.3) is 5.91 Å². The SMILES string of the molecule is COc1cnc(C(=O)Nc2cc([C@@]3(C)CS(O)(O)C(C)(C)C(N)=N3)c(F)cn2)cn1. The van der Waals surface area contributed by atoms with Gasteiger partial charge in [-0.1, -0.05) is 0 Å². The molecule has 0 radical (unpaired) electrons. The van der Waals surface area contributed by atoms with Crippen LogP contribution in [-0.4, -0.2) is 53.4 Å². The van der Waals surface area contributed by atoms with Crippen LogP contribution in [0, 0.1) is 5.82 Å². The van der Waals surface area contributed by atoms with Crippen LogP contribution in [0.4, 0.5) is 10.2 Å². The zero-order valence-corrected chi connectivity index (χ0v) is 17.7. The predicted molar refractivity (Wildman–Crippen MR) is 112 cm³/mol. The molecule has 5 N–H and O–H groups in total. The molecule has 3 heterocycles. The predicted octanol–water partition coefficient (Wildman–Crippen LogP) is 2.39. The van der Waals surface area contributed by atoms with Crippen molar-refractivity contribution in [1.82, 2.24) is 15.0 Å². The van der Waals surface area contributed by atoms with Crippen molar-refractivity contribution in [2.24, 2.45) is 10.7 Å². The van der Waals surface area contributed by atoms with Gasteiger partial charge in [-0.15, -0.1) is 0 Å². The molecule has 0 saturated carbocycles. The molecule has 30 heavy (non-hydrogen) atoms. The first-order valence-electron chi connectivity index (χ1n) is 8.84. The Labute approximate surface area is 174 Å². The molecular formula is C18H23FN6O4S. The highest BCUT2D eigenvalue weighted by Crippen LogP contribution is 2.59. The molecule has 0 fully saturated rings. The molecule has 0 saturated heterocycles. The van der Waals surface area contributed by atoms with Crippen LogP contribution < -0.4 is 15.8 Å². The summed E-state index contributed by atoms with van der Waals surface area (Å²) < 4.78 is 39.6. The number of rotatable bonds is 4. The quantitative estimate of drug-likeness (QED) is 0.567. The lowest BCUT2D eigenvalue weighted by atomic mass is 9.94. The maximum absolute atomic E-state index is 14.6. The molecule has 1 aliphatic heterocycles. The van der Waals surface area contributed by atoms with E-state index in [1.54, 1.807) is 20.8 Å². The Morgan fingerprint density at radius 2 is 1.93 bits per heavy atom. The molecule has 0 unspecified atom stereocenters. The first-order valence-corrected chi connectivity index (χ1v) is 10.6. The Kier molecular flexibility index (Phi) is 5.43. The van der Waals surface area contributed by atoms with Crippen LogP contribution in [-0.2, 0) is 5.54 Å². The molecule has 0 bridgehead atoms. The van der Waals surface area contributed by atoms with Gasteiger partial charge in [0.1, 0.15) is 33.5 Å². The lowest BCUT2D eigenvalue weighted by Gasteiger charge is -2.53. The largest absolute Gasteiger partial charge is 0.480 e. The van der Waals surface area contributed by atoms with Crippen molar-refractivity contribution in [1.29, 1.82) is 0 Å². The van der Waals surface area contributed by atoms with Crippen molar-refractivity contribution < 1.29 is 23.0 Å². The van der Waals surface area contributed by atoms with E-state index in [9.17, 15) is 18.3 Å². The zero-order chi connectivity index (χ0) is 22.3. The highest BCUT2D eigenvalue weighted by atomic mass is 32.3. The van der Waals surface area contributed by atoms with Gasteiger partial charge < -0.3 is 15.8 Å². The standard InChI is InChI=1S/C18H23FN6O4S/c1-17(2)16(20)25-18(3,9-30(17,27)28)10-5-13(22-6-11(10)19)24-15(26)12-7-23-14(29-4)8-21-12/h5-8,27-28H,9H2,1-4H3,(H2,20,25)(H,22,24,26)/t18-/m1/s1. The van der Waals surface area contributed by atoms with Crippen molar-refractivity contribution in [3.63, 3.8) is 0 Å². The van der Waals surface area contributed by atoms with Crippen LogP contribution >= 0.6 is 10.6 Å². The molecule has 0 aliphatic carbocycles. The number of carbonyl (C=O) groups excluding carboxylic acids is 1. The van der Waals surface area contributed by atoms with Crippen LogP contribution in [0.1, 0.15) is 36.8 Å². The molecular weight excluding hydrogens is 415 g/mol. The van der Waals surface area contributed by atoms with Gasteiger partial charge in [-0.3, -0.25) is 18.9 Å². The number of hydrogen-bond acceptors (Lipinski definition) is 9. The summed E-state index contributed by atoms with van der Waals surface area (Å²) in [6.07, 6.45) is 3.43. The smallest absolute Gasteiger partial charge is 0.277 e. The fourth-order valence-corrected chi connectivity index (χ4v) is 4.69. The second-order valence-electron chi connectivity index (χ2n) is 7.54. The third-order valence-corrected chi connectivity index (χ3v) is 7.84. The van der Waals surface area contributed by atoms with Gasteiger partial charge in [0.05, 0.1) is 31.5 Å². The topological polar surface area (TPSA) is 156 Å². The summed E-state index contributed by atoms with van der Waals surface area (Å²) in [7, 11) is -1.81. The minimum atomic E-state index is -3.23. The summed E-state index contributed by atoms with van der Waals surface area (Å²) in [6, 6.07) is 1.29. The Morgan fingerprint density at radius 1 is 1.23 bits per heavy atom. The van der Waals surface area contributed by atoms with Gasteiger partial charge in [-0.2, -0.15) is 10.6 Å². The van der Waals surface area contributed by atoms with Crippen LogP contribution in [0.15, 0.2) is 29.6 Å². The molecule has 1 aliphatic rings. The third-order valence-electron chi connectivity index (χ3n) is 5.03. The highest BCUT2D eigenvalue weighted by molar-refractivity contribution is 8.26. The van der Waals surface area contributed by atoms with E-state index in [0.717, 1.165) is 6.20 Å². The fourth-order valence-electron chi connectivity index (χ4n) is 2.95. The number of amidine groups is 1. The van der Waals surface area contributed by atoms with Gasteiger partial charge in [-0.25, -0.2) is 19.3 Å². The molecule has 2 aromatic rings. The number of aliphatic imine (C=N–C) groups is 1. The van der Waals surface area contributed by atoms with Gasteiger partial charge >= 0.3 is 0 Å². The summed E-state index contributed by atoms with van der Waals surface area (Å²) in [5, 5.41) is 2.51. The average Bonchev–Trinajstić information content (AvgIpc) is 2.67. The molecule has 0 spiro atoms. The van der Waals surface area contributed by atoms with Crippen LogP contribution in [0.5, 0.6) is 5.88 Å². The highest BCUT2D eigenvalue weighted by Gasteiger charge is 2.49. The minimum Gasteiger partial charge on any atom is -0.480 e. The minimum absolute atomic E-state index is 0.00513. The monoisotopic (exact) mass is 438 g/mol. The van der Waals surface area contributed by atoms with Crippen molar-refractivity contribution in [2.75, 3.05) is 18.2 Å². The third kappa shape index (κ3) is 3.80. The molecule has 10 nitrogen and oxygen atoms in total. The van der Waals surface area contributed by atoms with E-state index in [1.165, 1.54) is 25.6 Å². The van der Waals surface area contributed by atoms with Gasteiger partial charge in [0, 0.05) is 5.56 Å². The van der Waals surface area contributed by atoms with E-state index in [1.807, 2.05) is 0 Å². The van der Waals surface area contributed by atoms with E-state index in [2.05, 4.69) is 25.3 Å². The Hall–Kier alpha value is -2.83. The van der Waals surface area contributed by atoms with Crippen molar-refractivity contribution >= 4 is 28.2 Å². The Bertz CT molecular complexity index is 1010. The number of methoxy groups -OCH3 is 1. The fraction of sp³-hybridized carbons (Fsp3) is 0.389. The van der Waals surface area contributed by atoms with Gasteiger partial charge in [0.15, 0.2) is 0 Å². The second kappa shape index (κ2) is 7.45. The molecule has 3 rings (SSSR count). The number of carbonyl (C=O) groups is 1. The number of amides is 1. The van der Waals surface area contributed by atoms with Crippen molar-refractivity contribution in [3.8, 4) is 5.88 Å². The lowest BCUT2D eigenvalue weighted by Crippen LogP contribution is -2.52.